The van der Waals surface area contributed by atoms with E-state index in [1.807, 2.05) is 4.72 Å². The molecule has 1 aromatic rings. The molecule has 1 fully saturated rings. The lowest BCUT2D eigenvalue weighted by molar-refractivity contribution is -0.160. The van der Waals surface area contributed by atoms with Crippen LogP contribution in [0.1, 0.15) is 18.9 Å². The molecule has 2 atom stereocenters. The average Bonchev–Trinajstić information content (AvgIpc) is 2.82. The number of cyclic esters (lactones) is 1. The smallest absolute Gasteiger partial charge is 0.416 e. The lowest BCUT2D eigenvalue weighted by Crippen LogP contribution is -2.33. The molecule has 0 bridgehead atoms. The van der Waals surface area contributed by atoms with E-state index in [0.717, 1.165) is 18.2 Å². The minimum Gasteiger partial charge on any atom is -0.460 e. The first kappa shape index (κ1) is 19.2. The molecule has 7 nitrogen and oxygen atoms in total. The number of rotatable bonds is 5. The second kappa shape index (κ2) is 7.00. The summed E-state index contributed by atoms with van der Waals surface area (Å²) in [6, 6.07) is 3.06. The third-order valence-corrected chi connectivity index (χ3v) is 4.68. The Hall–Kier alpha value is -2.14. The van der Waals surface area contributed by atoms with Crippen molar-refractivity contribution in [3.05, 3.63) is 29.8 Å². The summed E-state index contributed by atoms with van der Waals surface area (Å²) in [6.07, 6.45) is -6.11. The molecule has 138 valence electrons. The van der Waals surface area contributed by atoms with Crippen molar-refractivity contribution in [2.24, 2.45) is 0 Å². The molecule has 0 saturated carbocycles. The third-order valence-electron chi connectivity index (χ3n) is 3.28. The number of alkyl halides is 3. The second-order valence-electron chi connectivity index (χ2n) is 5.31. The number of hydrogen-bond donors (Lipinski definition) is 1. The molecular formula is C14H14F3NO6S. The zero-order valence-electron chi connectivity index (χ0n) is 12.9. The molecule has 0 spiro atoms. The molecule has 0 radical (unpaired) electrons. The largest absolute Gasteiger partial charge is 0.460 e. The van der Waals surface area contributed by atoms with Crippen molar-refractivity contribution < 1.29 is 40.7 Å². The van der Waals surface area contributed by atoms with Crippen LogP contribution in [0.3, 0.4) is 0 Å². The summed E-state index contributed by atoms with van der Waals surface area (Å²) in [4.78, 5) is 22.3. The van der Waals surface area contributed by atoms with Crippen LogP contribution in [0.4, 0.5) is 13.2 Å². The number of halogens is 3. The van der Waals surface area contributed by atoms with Gasteiger partial charge in [0.2, 0.25) is 16.1 Å². The molecule has 1 N–H and O–H groups in total. The topological polar surface area (TPSA) is 98.8 Å². The summed E-state index contributed by atoms with van der Waals surface area (Å²) in [5.74, 6) is -1.78. The van der Waals surface area contributed by atoms with Gasteiger partial charge in [0.1, 0.15) is 12.6 Å². The maximum Gasteiger partial charge on any atom is 0.416 e. The number of hydrogen-bond acceptors (Lipinski definition) is 6. The Balaban J connectivity index is 2.00. The van der Waals surface area contributed by atoms with Crippen molar-refractivity contribution >= 4 is 22.0 Å². The fourth-order valence-corrected chi connectivity index (χ4v) is 3.11. The van der Waals surface area contributed by atoms with Crippen LogP contribution in [0.5, 0.6) is 0 Å². The molecule has 0 aromatic heterocycles. The SMILES string of the molecule is CC1CC(OC(=O)CNS(=O)(=O)c2cccc(C(F)(F)F)c2)C(=O)O1. The molecule has 11 heteroatoms. The molecule has 0 aliphatic carbocycles. The lowest BCUT2D eigenvalue weighted by atomic mass is 10.2. The van der Waals surface area contributed by atoms with Gasteiger partial charge in [0.15, 0.2) is 0 Å². The summed E-state index contributed by atoms with van der Waals surface area (Å²) < 4.78 is 73.3. The van der Waals surface area contributed by atoms with Crippen molar-refractivity contribution in [1.82, 2.24) is 4.72 Å². The van der Waals surface area contributed by atoms with Gasteiger partial charge in [0.05, 0.1) is 10.5 Å². The van der Waals surface area contributed by atoms with Crippen LogP contribution in [0.15, 0.2) is 29.2 Å². The molecular weight excluding hydrogens is 367 g/mol. The van der Waals surface area contributed by atoms with Gasteiger partial charge < -0.3 is 9.47 Å². The number of benzene rings is 1. The predicted molar refractivity (Wildman–Crippen MR) is 76.7 cm³/mol. The molecule has 2 rings (SSSR count). The number of sulfonamides is 1. The first-order valence-electron chi connectivity index (χ1n) is 7.06. The number of esters is 2. The fourth-order valence-electron chi connectivity index (χ4n) is 2.09. The summed E-state index contributed by atoms with van der Waals surface area (Å²) in [7, 11) is -4.36. The zero-order valence-corrected chi connectivity index (χ0v) is 13.7. The first-order chi connectivity index (χ1) is 11.5. The highest BCUT2D eigenvalue weighted by Gasteiger charge is 2.35. The van der Waals surface area contributed by atoms with E-state index in [9.17, 15) is 31.2 Å². The van der Waals surface area contributed by atoms with E-state index in [1.54, 1.807) is 6.92 Å². The highest BCUT2D eigenvalue weighted by molar-refractivity contribution is 7.89. The van der Waals surface area contributed by atoms with E-state index in [2.05, 4.69) is 0 Å². The summed E-state index contributed by atoms with van der Waals surface area (Å²) >= 11 is 0. The molecule has 1 aliphatic heterocycles. The maximum atomic E-state index is 12.6. The summed E-state index contributed by atoms with van der Waals surface area (Å²) in [5, 5.41) is 0. The van der Waals surface area contributed by atoms with Crippen LogP contribution in [-0.4, -0.2) is 39.1 Å². The van der Waals surface area contributed by atoms with E-state index < -0.39 is 57.3 Å². The van der Waals surface area contributed by atoms with Crippen molar-refractivity contribution in [3.63, 3.8) is 0 Å². The predicted octanol–water partition coefficient (Wildman–Crippen LogP) is 1.23. The monoisotopic (exact) mass is 381 g/mol. The van der Waals surface area contributed by atoms with Crippen LogP contribution in [0.25, 0.3) is 0 Å². The van der Waals surface area contributed by atoms with Crippen molar-refractivity contribution in [3.8, 4) is 0 Å². The Morgan fingerprint density at radius 2 is 2.08 bits per heavy atom. The number of nitrogens with one attached hydrogen (secondary N) is 1. The average molecular weight is 381 g/mol. The maximum absolute atomic E-state index is 12.6. The normalized spacial score (nSPS) is 21.0. The molecule has 2 unspecified atom stereocenters. The van der Waals surface area contributed by atoms with Gasteiger partial charge in [-0.25, -0.2) is 13.2 Å². The van der Waals surface area contributed by atoms with Gasteiger partial charge in [0.25, 0.3) is 0 Å². The molecule has 0 amide bonds. The van der Waals surface area contributed by atoms with Gasteiger partial charge in [-0.3, -0.25) is 4.79 Å². The highest BCUT2D eigenvalue weighted by atomic mass is 32.2. The van der Waals surface area contributed by atoms with Gasteiger partial charge >= 0.3 is 18.1 Å². The van der Waals surface area contributed by atoms with Crippen LogP contribution >= 0.6 is 0 Å². The minimum atomic E-state index is -4.70. The summed E-state index contributed by atoms with van der Waals surface area (Å²) in [5.41, 5.74) is -1.14. The Morgan fingerprint density at radius 1 is 1.40 bits per heavy atom. The number of carbonyl (C=O) groups is 2. The first-order valence-corrected chi connectivity index (χ1v) is 8.54. The van der Waals surface area contributed by atoms with E-state index >= 15 is 0 Å². The Bertz CT molecular complexity index is 777. The van der Waals surface area contributed by atoms with E-state index in [4.69, 9.17) is 9.47 Å². The van der Waals surface area contributed by atoms with Gasteiger partial charge in [-0.15, -0.1) is 0 Å². The van der Waals surface area contributed by atoms with E-state index in [-0.39, 0.29) is 6.42 Å². The van der Waals surface area contributed by atoms with Gasteiger partial charge in [-0.2, -0.15) is 17.9 Å². The quantitative estimate of drug-likeness (QED) is 0.771. The molecule has 1 saturated heterocycles. The van der Waals surface area contributed by atoms with Gasteiger partial charge in [-0.1, -0.05) is 6.07 Å². The van der Waals surface area contributed by atoms with E-state index in [0.29, 0.717) is 6.07 Å². The van der Waals surface area contributed by atoms with Crippen LogP contribution in [0, 0.1) is 0 Å². The number of carbonyl (C=O) groups excluding carboxylic acids is 2. The van der Waals surface area contributed by atoms with Crippen molar-refractivity contribution in [1.29, 1.82) is 0 Å². The Labute approximate surface area is 141 Å². The molecule has 1 aliphatic rings. The summed E-state index contributed by atoms with van der Waals surface area (Å²) in [6.45, 7) is 0.763. The Kier molecular flexibility index (Phi) is 5.37. The fraction of sp³-hybridized carbons (Fsp3) is 0.429. The number of ether oxygens (including phenoxy) is 2. The second-order valence-corrected chi connectivity index (χ2v) is 7.08. The zero-order chi connectivity index (χ0) is 18.8. The minimum absolute atomic E-state index is 0.144. The standard InChI is InChI=1S/C14H14F3NO6S/c1-8-5-11(13(20)23-8)24-12(19)7-18-25(21,22)10-4-2-3-9(6-10)14(15,16)17/h2-4,6,8,11,18H,5,7H2,1H3. The molecule has 1 aromatic carbocycles. The highest BCUT2D eigenvalue weighted by Crippen LogP contribution is 2.30. The van der Waals surface area contributed by atoms with Crippen molar-refractivity contribution in [2.75, 3.05) is 6.54 Å². The third kappa shape index (κ3) is 4.92. The Morgan fingerprint density at radius 3 is 2.64 bits per heavy atom. The molecule has 1 heterocycles. The lowest BCUT2D eigenvalue weighted by Gasteiger charge is -2.11. The van der Waals surface area contributed by atoms with Gasteiger partial charge in [-0.05, 0) is 25.1 Å². The van der Waals surface area contributed by atoms with Gasteiger partial charge in [0, 0.05) is 6.42 Å². The van der Waals surface area contributed by atoms with Crippen molar-refractivity contribution in [2.45, 2.75) is 36.6 Å². The van der Waals surface area contributed by atoms with Crippen LogP contribution in [-0.2, 0) is 35.3 Å². The van der Waals surface area contributed by atoms with Crippen LogP contribution in [0.2, 0.25) is 0 Å². The van der Waals surface area contributed by atoms with Crippen LogP contribution < -0.4 is 4.72 Å². The molecule has 25 heavy (non-hydrogen) atoms. The van der Waals surface area contributed by atoms with E-state index in [1.165, 1.54) is 0 Å².